The van der Waals surface area contributed by atoms with Crippen LogP contribution in [-0.4, -0.2) is 26.8 Å². The van der Waals surface area contributed by atoms with Gasteiger partial charge in [-0.2, -0.15) is 5.10 Å². The van der Waals surface area contributed by atoms with E-state index < -0.39 is 0 Å². The van der Waals surface area contributed by atoms with Crippen LogP contribution in [0.2, 0.25) is 0 Å². The molecule has 0 aliphatic heterocycles. The van der Waals surface area contributed by atoms with Crippen LogP contribution in [-0.2, 0) is 6.54 Å². The highest BCUT2D eigenvalue weighted by atomic mass is 15.3. The smallest absolute Gasteiger partial charge is 0.180 e. The van der Waals surface area contributed by atoms with Gasteiger partial charge in [-0.25, -0.2) is 9.97 Å². The van der Waals surface area contributed by atoms with Gasteiger partial charge in [0.1, 0.15) is 11.5 Å². The van der Waals surface area contributed by atoms with Gasteiger partial charge < -0.3 is 5.32 Å². The Labute approximate surface area is 101 Å². The van der Waals surface area contributed by atoms with Crippen molar-refractivity contribution in [3.8, 4) is 11.5 Å². The van der Waals surface area contributed by atoms with E-state index in [0.29, 0.717) is 0 Å². The van der Waals surface area contributed by atoms with E-state index in [1.807, 2.05) is 30.8 Å². The molecule has 0 fully saturated rings. The summed E-state index contributed by atoms with van der Waals surface area (Å²) in [5.41, 5.74) is 1.91. The Bertz CT molecular complexity index is 503. The van der Waals surface area contributed by atoms with Crippen LogP contribution in [0.5, 0.6) is 0 Å². The Balaban J connectivity index is 2.44. The summed E-state index contributed by atoms with van der Waals surface area (Å²) in [5.74, 6) is 1.55. The van der Waals surface area contributed by atoms with E-state index in [-0.39, 0.29) is 0 Å². The number of anilines is 1. The first-order valence-electron chi connectivity index (χ1n) is 5.80. The van der Waals surface area contributed by atoms with Crippen LogP contribution in [0.15, 0.2) is 18.3 Å². The molecule has 0 saturated heterocycles. The summed E-state index contributed by atoms with van der Waals surface area (Å²) >= 11 is 0. The molecular formula is C12H17N5. The number of hydrogen-bond acceptors (Lipinski definition) is 4. The molecule has 0 atom stereocenters. The first-order valence-corrected chi connectivity index (χ1v) is 5.80. The fraction of sp³-hybridized carbons (Fsp3) is 0.417. The topological polar surface area (TPSA) is 55.6 Å². The van der Waals surface area contributed by atoms with Gasteiger partial charge in [0.05, 0.1) is 0 Å². The lowest BCUT2D eigenvalue weighted by Crippen LogP contribution is -2.05. The summed E-state index contributed by atoms with van der Waals surface area (Å²) in [6, 6.07) is 3.87. The van der Waals surface area contributed by atoms with Gasteiger partial charge in [-0.15, -0.1) is 0 Å². The molecule has 5 nitrogen and oxygen atoms in total. The van der Waals surface area contributed by atoms with Gasteiger partial charge in [-0.1, -0.05) is 6.92 Å². The zero-order valence-electron chi connectivity index (χ0n) is 10.4. The molecule has 0 bridgehead atoms. The molecule has 5 heteroatoms. The van der Waals surface area contributed by atoms with Crippen LogP contribution in [0, 0.1) is 6.92 Å². The van der Waals surface area contributed by atoms with Crippen LogP contribution < -0.4 is 5.32 Å². The lowest BCUT2D eigenvalue weighted by atomic mass is 10.3. The van der Waals surface area contributed by atoms with Crippen molar-refractivity contribution in [2.24, 2.45) is 0 Å². The highest BCUT2D eigenvalue weighted by Crippen LogP contribution is 2.17. The van der Waals surface area contributed by atoms with Crippen LogP contribution in [0.4, 0.5) is 5.82 Å². The van der Waals surface area contributed by atoms with E-state index in [1.54, 1.807) is 6.20 Å². The van der Waals surface area contributed by atoms with Crippen molar-refractivity contribution in [1.29, 1.82) is 0 Å². The Morgan fingerprint density at radius 2 is 2.18 bits per heavy atom. The van der Waals surface area contributed by atoms with E-state index in [9.17, 15) is 0 Å². The minimum absolute atomic E-state index is 0.723. The Kier molecular flexibility index (Phi) is 3.37. The van der Waals surface area contributed by atoms with Crippen molar-refractivity contribution in [3.63, 3.8) is 0 Å². The molecule has 17 heavy (non-hydrogen) atoms. The quantitative estimate of drug-likeness (QED) is 0.875. The molecule has 0 aromatic carbocycles. The summed E-state index contributed by atoms with van der Waals surface area (Å²) < 4.78 is 1.94. The maximum Gasteiger partial charge on any atom is 0.180 e. The summed E-state index contributed by atoms with van der Waals surface area (Å²) in [5, 5.41) is 7.32. The molecule has 2 rings (SSSR count). The van der Waals surface area contributed by atoms with Crippen molar-refractivity contribution in [1.82, 2.24) is 19.7 Å². The van der Waals surface area contributed by atoms with Crippen molar-refractivity contribution in [2.75, 3.05) is 12.4 Å². The highest BCUT2D eigenvalue weighted by molar-refractivity contribution is 5.53. The average molecular weight is 231 g/mol. The maximum atomic E-state index is 4.46. The van der Waals surface area contributed by atoms with E-state index in [2.05, 4.69) is 27.3 Å². The molecule has 0 aliphatic rings. The maximum absolute atomic E-state index is 4.46. The summed E-state index contributed by atoms with van der Waals surface area (Å²) in [4.78, 5) is 8.91. The van der Waals surface area contributed by atoms with Crippen molar-refractivity contribution in [3.05, 3.63) is 24.0 Å². The van der Waals surface area contributed by atoms with Gasteiger partial charge in [0.2, 0.25) is 0 Å². The van der Waals surface area contributed by atoms with E-state index in [0.717, 1.165) is 36.0 Å². The zero-order chi connectivity index (χ0) is 12.3. The number of aromatic nitrogens is 4. The SMILES string of the molecule is CCCn1nccc1-c1nc(C)cc(NC)n1. The average Bonchev–Trinajstić information content (AvgIpc) is 2.77. The molecule has 2 heterocycles. The van der Waals surface area contributed by atoms with Crippen LogP contribution in [0.3, 0.4) is 0 Å². The molecule has 0 unspecified atom stereocenters. The Morgan fingerprint density at radius 1 is 1.35 bits per heavy atom. The number of nitrogens with zero attached hydrogens (tertiary/aromatic N) is 4. The van der Waals surface area contributed by atoms with E-state index >= 15 is 0 Å². The summed E-state index contributed by atoms with van der Waals surface area (Å²) in [6.45, 7) is 4.97. The van der Waals surface area contributed by atoms with Gasteiger partial charge in [0.15, 0.2) is 5.82 Å². The molecule has 2 aromatic heterocycles. The fourth-order valence-corrected chi connectivity index (χ4v) is 1.72. The molecule has 90 valence electrons. The van der Waals surface area contributed by atoms with Gasteiger partial charge in [0, 0.05) is 31.5 Å². The molecule has 2 aromatic rings. The molecular weight excluding hydrogens is 214 g/mol. The monoisotopic (exact) mass is 231 g/mol. The molecule has 0 radical (unpaired) electrons. The molecule has 0 spiro atoms. The minimum atomic E-state index is 0.723. The van der Waals surface area contributed by atoms with E-state index in [1.165, 1.54) is 0 Å². The number of nitrogens with one attached hydrogen (secondary N) is 1. The van der Waals surface area contributed by atoms with Crippen LogP contribution in [0.1, 0.15) is 19.0 Å². The minimum Gasteiger partial charge on any atom is -0.373 e. The Morgan fingerprint density at radius 3 is 2.88 bits per heavy atom. The Hall–Kier alpha value is -1.91. The van der Waals surface area contributed by atoms with Gasteiger partial charge in [0.25, 0.3) is 0 Å². The second kappa shape index (κ2) is 4.95. The molecule has 0 amide bonds. The van der Waals surface area contributed by atoms with Gasteiger partial charge in [-0.3, -0.25) is 4.68 Å². The first-order chi connectivity index (χ1) is 8.24. The lowest BCUT2D eigenvalue weighted by Gasteiger charge is -2.07. The lowest BCUT2D eigenvalue weighted by molar-refractivity contribution is 0.606. The molecule has 0 saturated carbocycles. The predicted molar refractivity (Wildman–Crippen MR) is 67.8 cm³/mol. The summed E-state index contributed by atoms with van der Waals surface area (Å²) in [7, 11) is 1.86. The third-order valence-electron chi connectivity index (χ3n) is 2.49. The predicted octanol–water partition coefficient (Wildman–Crippen LogP) is 2.10. The largest absolute Gasteiger partial charge is 0.373 e. The van der Waals surface area contributed by atoms with Gasteiger partial charge in [-0.05, 0) is 19.4 Å². The summed E-state index contributed by atoms with van der Waals surface area (Å²) in [6.07, 6.45) is 2.83. The molecule has 0 aliphatic carbocycles. The standard InChI is InChI=1S/C12H17N5/c1-4-7-17-10(5-6-14-17)12-15-9(2)8-11(13-3)16-12/h5-6,8H,4,7H2,1-3H3,(H,13,15,16). The van der Waals surface area contributed by atoms with E-state index in [4.69, 9.17) is 0 Å². The zero-order valence-corrected chi connectivity index (χ0v) is 10.4. The van der Waals surface area contributed by atoms with Gasteiger partial charge >= 0.3 is 0 Å². The fourth-order valence-electron chi connectivity index (χ4n) is 1.72. The second-order valence-corrected chi connectivity index (χ2v) is 3.91. The van der Waals surface area contributed by atoms with Crippen molar-refractivity contribution >= 4 is 5.82 Å². The number of hydrogen-bond donors (Lipinski definition) is 1. The van der Waals surface area contributed by atoms with Crippen LogP contribution in [0.25, 0.3) is 11.5 Å². The number of aryl methyl sites for hydroxylation is 2. The molecule has 1 N–H and O–H groups in total. The normalized spacial score (nSPS) is 10.5. The number of rotatable bonds is 4. The third-order valence-corrected chi connectivity index (χ3v) is 2.49. The third kappa shape index (κ3) is 2.43. The first kappa shape index (κ1) is 11.6. The highest BCUT2D eigenvalue weighted by Gasteiger charge is 2.09. The van der Waals surface area contributed by atoms with Crippen molar-refractivity contribution < 1.29 is 0 Å². The van der Waals surface area contributed by atoms with Crippen LogP contribution >= 0.6 is 0 Å². The van der Waals surface area contributed by atoms with Crippen molar-refractivity contribution in [2.45, 2.75) is 26.8 Å². The second-order valence-electron chi connectivity index (χ2n) is 3.91.